The number of carbonyl (C=O) groups excluding carboxylic acids is 1. The Morgan fingerprint density at radius 1 is 0.833 bits per heavy atom. The molecule has 2 heterocycles. The average Bonchev–Trinajstić information content (AvgIpc) is 3.25. The maximum atomic E-state index is 12.7. The number of piperazine rings is 1. The van der Waals surface area contributed by atoms with Gasteiger partial charge in [0.15, 0.2) is 11.5 Å². The molecule has 0 bridgehead atoms. The summed E-state index contributed by atoms with van der Waals surface area (Å²) in [6, 6.07) is 12.2. The Labute approximate surface area is 214 Å². The van der Waals surface area contributed by atoms with Gasteiger partial charge in [-0.05, 0) is 48.2 Å². The van der Waals surface area contributed by atoms with Gasteiger partial charge in [-0.2, -0.15) is 0 Å². The van der Waals surface area contributed by atoms with E-state index in [0.717, 1.165) is 68.3 Å². The van der Waals surface area contributed by atoms with E-state index in [9.17, 15) is 4.79 Å². The van der Waals surface area contributed by atoms with Crippen molar-refractivity contribution in [3.63, 3.8) is 0 Å². The molecule has 36 heavy (non-hydrogen) atoms. The van der Waals surface area contributed by atoms with Gasteiger partial charge in [0.25, 0.3) is 0 Å². The lowest BCUT2D eigenvalue weighted by atomic mass is 9.85. The van der Waals surface area contributed by atoms with Gasteiger partial charge in [-0.15, -0.1) is 0 Å². The van der Waals surface area contributed by atoms with Crippen LogP contribution in [-0.2, 0) is 27.1 Å². The largest absolute Gasteiger partial charge is 0.495 e. The van der Waals surface area contributed by atoms with Crippen molar-refractivity contribution in [2.24, 2.45) is 11.8 Å². The van der Waals surface area contributed by atoms with Gasteiger partial charge >= 0.3 is 5.97 Å². The molecule has 2 saturated heterocycles. The van der Waals surface area contributed by atoms with Crippen molar-refractivity contribution in [3.8, 4) is 17.2 Å². The van der Waals surface area contributed by atoms with E-state index in [2.05, 4.69) is 28.0 Å². The third-order valence-electron chi connectivity index (χ3n) is 7.28. The van der Waals surface area contributed by atoms with Crippen molar-refractivity contribution in [2.75, 3.05) is 79.3 Å². The van der Waals surface area contributed by atoms with Crippen molar-refractivity contribution >= 4 is 11.7 Å². The summed E-state index contributed by atoms with van der Waals surface area (Å²) in [5.74, 6) is 2.01. The van der Waals surface area contributed by atoms with Crippen LogP contribution >= 0.6 is 0 Å². The predicted octanol–water partition coefficient (Wildman–Crippen LogP) is 3.06. The van der Waals surface area contributed by atoms with Gasteiger partial charge in [-0.3, -0.25) is 9.69 Å². The number of rotatable bonds is 11. The fraction of sp³-hybridized carbons (Fsp3) is 0.536. The van der Waals surface area contributed by atoms with Crippen LogP contribution in [-0.4, -0.2) is 85.2 Å². The molecule has 8 heteroatoms. The molecule has 2 fully saturated rings. The van der Waals surface area contributed by atoms with E-state index in [1.54, 1.807) is 28.4 Å². The number of esters is 1. The second-order valence-corrected chi connectivity index (χ2v) is 9.42. The van der Waals surface area contributed by atoms with E-state index in [1.807, 2.05) is 18.2 Å². The third-order valence-corrected chi connectivity index (χ3v) is 7.28. The van der Waals surface area contributed by atoms with E-state index < -0.39 is 0 Å². The summed E-state index contributed by atoms with van der Waals surface area (Å²) in [6.07, 6.45) is 1.36. The number of cyclic esters (lactones) is 1. The number of benzene rings is 2. The Morgan fingerprint density at radius 2 is 1.50 bits per heavy atom. The van der Waals surface area contributed by atoms with Gasteiger partial charge in [0.05, 0.1) is 46.1 Å². The van der Waals surface area contributed by atoms with Crippen LogP contribution in [0.25, 0.3) is 0 Å². The molecule has 4 rings (SSSR count). The third kappa shape index (κ3) is 6.05. The predicted molar refractivity (Wildman–Crippen MR) is 138 cm³/mol. The summed E-state index contributed by atoms with van der Waals surface area (Å²) in [6.45, 7) is 6.04. The highest BCUT2D eigenvalue weighted by Gasteiger charge is 2.37. The van der Waals surface area contributed by atoms with Gasteiger partial charge in [0.2, 0.25) is 0 Å². The lowest BCUT2D eigenvalue weighted by Gasteiger charge is -2.36. The van der Waals surface area contributed by atoms with Gasteiger partial charge in [-0.25, -0.2) is 0 Å². The van der Waals surface area contributed by atoms with Crippen LogP contribution in [0.3, 0.4) is 0 Å². The Morgan fingerprint density at radius 3 is 2.19 bits per heavy atom. The summed E-state index contributed by atoms with van der Waals surface area (Å²) >= 11 is 0. The molecule has 0 aliphatic carbocycles. The number of carbonyl (C=O) groups is 1. The standard InChI is InChI=1S/C28H38N2O6/c1-32-14-13-29-9-11-30(12-10-29)24-7-5-21(17-26(24)34-3)16-23-22(19-36-28(23)31)15-20-6-8-25(33-2)27(18-20)35-4/h5-8,17-18,22-23H,9-16,19H2,1-4H3/t22-,23+/m0/s1. The van der Waals surface area contributed by atoms with Crippen molar-refractivity contribution < 1.29 is 28.5 Å². The van der Waals surface area contributed by atoms with Crippen molar-refractivity contribution in [2.45, 2.75) is 12.8 Å². The Hall–Kier alpha value is -2.97. The topological polar surface area (TPSA) is 69.7 Å². The van der Waals surface area contributed by atoms with E-state index >= 15 is 0 Å². The summed E-state index contributed by atoms with van der Waals surface area (Å²) in [4.78, 5) is 17.4. The first-order valence-electron chi connectivity index (χ1n) is 12.6. The van der Waals surface area contributed by atoms with Crippen LogP contribution in [0.4, 0.5) is 5.69 Å². The summed E-state index contributed by atoms with van der Waals surface area (Å²) in [5, 5.41) is 0. The molecule has 0 radical (unpaired) electrons. The zero-order valence-corrected chi connectivity index (χ0v) is 21.8. The van der Waals surface area contributed by atoms with Crippen LogP contribution in [0.15, 0.2) is 36.4 Å². The van der Waals surface area contributed by atoms with Crippen LogP contribution in [0.1, 0.15) is 11.1 Å². The summed E-state index contributed by atoms with van der Waals surface area (Å²) < 4.78 is 27.3. The molecule has 0 N–H and O–H groups in total. The second kappa shape index (κ2) is 12.3. The van der Waals surface area contributed by atoms with Gasteiger partial charge in [0.1, 0.15) is 5.75 Å². The zero-order valence-electron chi connectivity index (χ0n) is 21.8. The molecular weight excluding hydrogens is 460 g/mol. The molecule has 0 saturated carbocycles. The fourth-order valence-electron chi connectivity index (χ4n) is 5.16. The monoisotopic (exact) mass is 498 g/mol. The minimum atomic E-state index is -0.196. The van der Waals surface area contributed by atoms with Gasteiger partial charge < -0.3 is 28.6 Å². The molecular formula is C28H38N2O6. The molecule has 0 amide bonds. The fourth-order valence-corrected chi connectivity index (χ4v) is 5.16. The molecule has 0 aromatic heterocycles. The number of methoxy groups -OCH3 is 4. The SMILES string of the molecule is COCCN1CCN(c2ccc(C[C@H]3C(=O)OC[C@@H]3Cc3ccc(OC)c(OC)c3)cc2OC)CC1. The second-order valence-electron chi connectivity index (χ2n) is 9.42. The Kier molecular flexibility index (Phi) is 8.93. The number of hydrogen-bond acceptors (Lipinski definition) is 8. The molecule has 0 spiro atoms. The van der Waals surface area contributed by atoms with E-state index in [4.69, 9.17) is 23.7 Å². The van der Waals surface area contributed by atoms with Gasteiger partial charge in [-0.1, -0.05) is 12.1 Å². The van der Waals surface area contributed by atoms with Crippen LogP contribution in [0.2, 0.25) is 0 Å². The summed E-state index contributed by atoms with van der Waals surface area (Å²) in [7, 11) is 6.71. The quantitative estimate of drug-likeness (QED) is 0.438. The van der Waals surface area contributed by atoms with Crippen molar-refractivity contribution in [1.29, 1.82) is 0 Å². The highest BCUT2D eigenvalue weighted by Crippen LogP contribution is 2.35. The molecule has 2 aromatic carbocycles. The first-order valence-corrected chi connectivity index (χ1v) is 12.6. The number of anilines is 1. The Balaban J connectivity index is 1.43. The molecule has 2 atom stereocenters. The van der Waals surface area contributed by atoms with E-state index in [0.29, 0.717) is 24.5 Å². The molecule has 8 nitrogen and oxygen atoms in total. The molecule has 0 unspecified atom stereocenters. The van der Waals surface area contributed by atoms with Crippen molar-refractivity contribution in [3.05, 3.63) is 47.5 Å². The maximum absolute atomic E-state index is 12.7. The summed E-state index contributed by atoms with van der Waals surface area (Å²) in [5.41, 5.74) is 3.28. The minimum Gasteiger partial charge on any atom is -0.495 e. The van der Waals surface area contributed by atoms with E-state index in [1.165, 1.54) is 0 Å². The molecule has 2 aliphatic rings. The number of hydrogen-bond donors (Lipinski definition) is 0. The van der Waals surface area contributed by atoms with Crippen LogP contribution in [0.5, 0.6) is 17.2 Å². The van der Waals surface area contributed by atoms with E-state index in [-0.39, 0.29) is 17.8 Å². The Bertz CT molecular complexity index is 1020. The average molecular weight is 499 g/mol. The zero-order chi connectivity index (χ0) is 25.5. The number of nitrogens with zero attached hydrogens (tertiary/aromatic N) is 2. The molecule has 196 valence electrons. The van der Waals surface area contributed by atoms with Gasteiger partial charge in [0, 0.05) is 45.8 Å². The first kappa shape index (κ1) is 26.1. The highest BCUT2D eigenvalue weighted by molar-refractivity contribution is 5.75. The van der Waals surface area contributed by atoms with Crippen molar-refractivity contribution in [1.82, 2.24) is 4.90 Å². The van der Waals surface area contributed by atoms with Crippen LogP contribution in [0, 0.1) is 11.8 Å². The lowest BCUT2D eigenvalue weighted by Crippen LogP contribution is -2.47. The van der Waals surface area contributed by atoms with Crippen LogP contribution < -0.4 is 19.1 Å². The normalized spacial score (nSPS) is 20.3. The lowest BCUT2D eigenvalue weighted by molar-refractivity contribution is -0.141. The molecule has 2 aliphatic heterocycles. The first-order chi connectivity index (χ1) is 17.6. The highest BCUT2D eigenvalue weighted by atomic mass is 16.5. The smallest absolute Gasteiger partial charge is 0.309 e. The number of ether oxygens (including phenoxy) is 5. The maximum Gasteiger partial charge on any atom is 0.309 e. The molecule has 2 aromatic rings. The minimum absolute atomic E-state index is 0.0986.